The number of nitrogens with zero attached hydrogens (tertiary/aromatic N) is 3. The normalized spacial score (nSPS) is 21.5. The van der Waals surface area contributed by atoms with Crippen LogP contribution in [0.3, 0.4) is 0 Å². The molecule has 0 aromatic carbocycles. The number of oxime groups is 1. The summed E-state index contributed by atoms with van der Waals surface area (Å²) in [5, 5.41) is 15.3. The van der Waals surface area contributed by atoms with Gasteiger partial charge in [0, 0.05) is 12.6 Å². The molecule has 0 bridgehead atoms. The van der Waals surface area contributed by atoms with Crippen LogP contribution in [0.2, 0.25) is 0 Å². The standard InChI is InChI=1S/C10H14N4O3/c11-9(12-16)8-3-1-2-5-14(8)10(15)7-4-6-17-13-7/h4,6,8,16H,1-3,5H2,(H2,11,12). The van der Waals surface area contributed by atoms with Crippen LogP contribution in [-0.4, -0.2) is 39.6 Å². The van der Waals surface area contributed by atoms with E-state index in [1.807, 2.05) is 0 Å². The van der Waals surface area contributed by atoms with Gasteiger partial charge < -0.3 is 20.4 Å². The first kappa shape index (κ1) is 11.4. The summed E-state index contributed by atoms with van der Waals surface area (Å²) < 4.78 is 4.64. The van der Waals surface area contributed by atoms with Gasteiger partial charge in [0.2, 0.25) is 0 Å². The Bertz CT molecular complexity index is 415. The predicted molar refractivity (Wildman–Crippen MR) is 58.6 cm³/mol. The number of piperidine rings is 1. The van der Waals surface area contributed by atoms with E-state index >= 15 is 0 Å². The summed E-state index contributed by atoms with van der Waals surface area (Å²) in [7, 11) is 0. The molecule has 2 rings (SSSR count). The number of carbonyl (C=O) groups is 1. The highest BCUT2D eigenvalue weighted by molar-refractivity contribution is 5.96. The van der Waals surface area contributed by atoms with Crippen molar-refractivity contribution in [2.45, 2.75) is 25.3 Å². The fourth-order valence-corrected chi connectivity index (χ4v) is 2.02. The maximum atomic E-state index is 12.1. The van der Waals surface area contributed by atoms with Gasteiger partial charge in [0.05, 0.1) is 6.04 Å². The Morgan fingerprint density at radius 1 is 1.65 bits per heavy atom. The molecule has 1 atom stereocenters. The molecule has 7 heteroatoms. The Kier molecular flexibility index (Phi) is 3.27. The van der Waals surface area contributed by atoms with Gasteiger partial charge in [-0.3, -0.25) is 4.79 Å². The summed E-state index contributed by atoms with van der Waals surface area (Å²) in [6.07, 6.45) is 3.89. The highest BCUT2D eigenvalue weighted by Gasteiger charge is 2.31. The lowest BCUT2D eigenvalue weighted by molar-refractivity contribution is 0.0666. The lowest BCUT2D eigenvalue weighted by Crippen LogP contribution is -2.50. The molecule has 7 nitrogen and oxygen atoms in total. The van der Waals surface area contributed by atoms with Gasteiger partial charge in [-0.05, 0) is 19.3 Å². The van der Waals surface area contributed by atoms with E-state index in [-0.39, 0.29) is 23.5 Å². The van der Waals surface area contributed by atoms with E-state index in [0.717, 1.165) is 12.8 Å². The first-order valence-corrected chi connectivity index (χ1v) is 5.43. The first-order chi connectivity index (χ1) is 8.24. The summed E-state index contributed by atoms with van der Waals surface area (Å²) in [5.41, 5.74) is 5.83. The monoisotopic (exact) mass is 238 g/mol. The van der Waals surface area contributed by atoms with Crippen LogP contribution in [0.5, 0.6) is 0 Å². The lowest BCUT2D eigenvalue weighted by atomic mass is 10.0. The zero-order valence-corrected chi connectivity index (χ0v) is 9.24. The van der Waals surface area contributed by atoms with E-state index in [1.54, 1.807) is 4.90 Å². The smallest absolute Gasteiger partial charge is 0.276 e. The van der Waals surface area contributed by atoms with Crippen molar-refractivity contribution in [3.63, 3.8) is 0 Å². The highest BCUT2D eigenvalue weighted by Crippen LogP contribution is 2.19. The summed E-state index contributed by atoms with van der Waals surface area (Å²) in [6.45, 7) is 0.576. The number of nitrogens with two attached hydrogens (primary N) is 1. The Morgan fingerprint density at radius 3 is 3.12 bits per heavy atom. The Morgan fingerprint density at radius 2 is 2.47 bits per heavy atom. The molecule has 0 spiro atoms. The number of amidine groups is 1. The quantitative estimate of drug-likeness (QED) is 0.336. The van der Waals surface area contributed by atoms with Gasteiger partial charge in [0.15, 0.2) is 11.5 Å². The fourth-order valence-electron chi connectivity index (χ4n) is 2.02. The molecule has 17 heavy (non-hydrogen) atoms. The zero-order chi connectivity index (χ0) is 12.3. The van der Waals surface area contributed by atoms with Gasteiger partial charge in [-0.1, -0.05) is 10.3 Å². The molecule has 1 aliphatic rings. The second-order valence-electron chi connectivity index (χ2n) is 3.92. The van der Waals surface area contributed by atoms with Crippen LogP contribution >= 0.6 is 0 Å². The number of rotatable bonds is 2. The zero-order valence-electron chi connectivity index (χ0n) is 9.24. The fraction of sp³-hybridized carbons (Fsp3) is 0.500. The molecule has 1 saturated heterocycles. The third-order valence-electron chi connectivity index (χ3n) is 2.88. The topological polar surface area (TPSA) is 105 Å². The molecule has 1 unspecified atom stereocenters. The number of hydrogen-bond donors (Lipinski definition) is 2. The maximum absolute atomic E-state index is 12.1. The molecule has 3 N–H and O–H groups in total. The number of hydrogen-bond acceptors (Lipinski definition) is 5. The molecular weight excluding hydrogens is 224 g/mol. The van der Waals surface area contributed by atoms with Gasteiger partial charge in [0.1, 0.15) is 6.26 Å². The third kappa shape index (κ3) is 2.22. The van der Waals surface area contributed by atoms with E-state index in [0.29, 0.717) is 13.0 Å². The number of carbonyl (C=O) groups excluding carboxylic acids is 1. The largest absolute Gasteiger partial charge is 0.409 e. The van der Waals surface area contributed by atoms with Crippen LogP contribution < -0.4 is 5.73 Å². The molecular formula is C10H14N4O3. The number of amides is 1. The van der Waals surface area contributed by atoms with Crippen molar-refractivity contribution >= 4 is 11.7 Å². The van der Waals surface area contributed by atoms with Gasteiger partial charge in [0.25, 0.3) is 5.91 Å². The SMILES string of the molecule is NC(=NO)C1CCCCN1C(=O)c1ccon1. The lowest BCUT2D eigenvalue weighted by Gasteiger charge is -2.34. The van der Waals surface area contributed by atoms with E-state index in [4.69, 9.17) is 10.9 Å². The van der Waals surface area contributed by atoms with Crippen molar-refractivity contribution < 1.29 is 14.5 Å². The molecule has 1 fully saturated rings. The highest BCUT2D eigenvalue weighted by atomic mass is 16.5. The van der Waals surface area contributed by atoms with Crippen LogP contribution in [0.4, 0.5) is 0 Å². The van der Waals surface area contributed by atoms with Crippen LogP contribution in [-0.2, 0) is 0 Å². The Hall–Kier alpha value is -2.05. The first-order valence-electron chi connectivity index (χ1n) is 5.43. The van der Waals surface area contributed by atoms with E-state index in [2.05, 4.69) is 14.8 Å². The molecule has 1 aromatic rings. The van der Waals surface area contributed by atoms with E-state index in [9.17, 15) is 4.79 Å². The molecule has 0 radical (unpaired) electrons. The summed E-state index contributed by atoms with van der Waals surface area (Å²) >= 11 is 0. The maximum Gasteiger partial charge on any atom is 0.276 e. The predicted octanol–water partition coefficient (Wildman–Crippen LogP) is 0.416. The van der Waals surface area contributed by atoms with Crippen LogP contribution in [0.25, 0.3) is 0 Å². The van der Waals surface area contributed by atoms with E-state index in [1.165, 1.54) is 12.3 Å². The van der Waals surface area contributed by atoms with Crippen molar-refractivity contribution in [3.05, 3.63) is 18.0 Å². The second-order valence-corrected chi connectivity index (χ2v) is 3.92. The van der Waals surface area contributed by atoms with Crippen LogP contribution in [0.1, 0.15) is 29.8 Å². The minimum Gasteiger partial charge on any atom is -0.409 e. The summed E-state index contributed by atoms with van der Waals surface area (Å²) in [4.78, 5) is 13.7. The Labute approximate surface area is 97.9 Å². The Balaban J connectivity index is 2.19. The van der Waals surface area contributed by atoms with Crippen LogP contribution in [0, 0.1) is 0 Å². The summed E-state index contributed by atoms with van der Waals surface area (Å²) in [6, 6.07) is 1.14. The molecule has 2 heterocycles. The summed E-state index contributed by atoms with van der Waals surface area (Å²) in [5.74, 6) is -0.198. The van der Waals surface area contributed by atoms with Crippen molar-refractivity contribution in [1.82, 2.24) is 10.1 Å². The van der Waals surface area contributed by atoms with Crippen LogP contribution in [0.15, 0.2) is 22.0 Å². The minimum absolute atomic E-state index is 0.0570. The average molecular weight is 238 g/mol. The van der Waals surface area contributed by atoms with Gasteiger partial charge in [-0.2, -0.15) is 0 Å². The van der Waals surface area contributed by atoms with Crippen molar-refractivity contribution in [2.75, 3.05) is 6.54 Å². The van der Waals surface area contributed by atoms with Crippen molar-refractivity contribution in [3.8, 4) is 0 Å². The number of likely N-dealkylation sites (tertiary alicyclic amines) is 1. The minimum atomic E-state index is -0.363. The third-order valence-corrected chi connectivity index (χ3v) is 2.88. The molecule has 1 amide bonds. The molecule has 0 saturated carbocycles. The molecule has 92 valence electrons. The second kappa shape index (κ2) is 4.86. The van der Waals surface area contributed by atoms with Crippen molar-refractivity contribution in [1.29, 1.82) is 0 Å². The van der Waals surface area contributed by atoms with Gasteiger partial charge in [-0.25, -0.2) is 0 Å². The van der Waals surface area contributed by atoms with Gasteiger partial charge >= 0.3 is 0 Å². The molecule has 1 aromatic heterocycles. The van der Waals surface area contributed by atoms with Crippen molar-refractivity contribution in [2.24, 2.45) is 10.9 Å². The average Bonchev–Trinajstić information content (AvgIpc) is 2.91. The molecule has 0 aliphatic carbocycles. The molecule has 1 aliphatic heterocycles. The number of aromatic nitrogens is 1. The van der Waals surface area contributed by atoms with Gasteiger partial charge in [-0.15, -0.1) is 0 Å². The van der Waals surface area contributed by atoms with E-state index < -0.39 is 0 Å².